The van der Waals surface area contributed by atoms with Crippen molar-refractivity contribution in [2.24, 2.45) is 0 Å². The van der Waals surface area contributed by atoms with Gasteiger partial charge in [-0.2, -0.15) is 0 Å². The van der Waals surface area contributed by atoms with Crippen LogP contribution < -0.4 is 0 Å². The van der Waals surface area contributed by atoms with Crippen molar-refractivity contribution in [2.75, 3.05) is 0 Å². The fraction of sp³-hybridized carbons (Fsp3) is 0.125. The van der Waals surface area contributed by atoms with Crippen LogP contribution in [0.5, 0.6) is 0 Å². The molecule has 0 saturated carbocycles. The molecule has 64 valence electrons. The fourth-order valence-corrected chi connectivity index (χ4v) is 1.41. The summed E-state index contributed by atoms with van der Waals surface area (Å²) in [5, 5.41) is 8.58. The molecule has 0 spiro atoms. The zero-order valence-corrected chi connectivity index (χ0v) is 7.85. The number of carboxylic acid groups (broad SMARTS) is 1. The highest BCUT2D eigenvalue weighted by atomic mass is 79.9. The van der Waals surface area contributed by atoms with Gasteiger partial charge in [0.15, 0.2) is 0 Å². The third kappa shape index (κ3) is 1.64. The van der Waals surface area contributed by atoms with Crippen LogP contribution in [0.3, 0.4) is 0 Å². The average Bonchev–Trinajstić information content (AvgIpc) is 1.99. The van der Waals surface area contributed by atoms with Crippen molar-refractivity contribution in [3.05, 3.63) is 33.5 Å². The summed E-state index contributed by atoms with van der Waals surface area (Å²) in [6.07, 6.45) is 0. The van der Waals surface area contributed by atoms with Gasteiger partial charge in [-0.05, 0) is 40.5 Å². The van der Waals surface area contributed by atoms with E-state index in [-0.39, 0.29) is 10.0 Å². The Morgan fingerprint density at radius 3 is 2.58 bits per heavy atom. The van der Waals surface area contributed by atoms with Crippen LogP contribution in [0.4, 0.5) is 4.39 Å². The van der Waals surface area contributed by atoms with Crippen molar-refractivity contribution in [1.29, 1.82) is 0 Å². The van der Waals surface area contributed by atoms with Crippen molar-refractivity contribution in [3.8, 4) is 0 Å². The van der Waals surface area contributed by atoms with Gasteiger partial charge in [0.25, 0.3) is 0 Å². The highest BCUT2D eigenvalue weighted by Gasteiger charge is 2.09. The summed E-state index contributed by atoms with van der Waals surface area (Å²) in [6, 6.07) is 2.53. The molecule has 1 rings (SSSR count). The summed E-state index contributed by atoms with van der Waals surface area (Å²) in [5.74, 6) is -1.47. The molecule has 0 heterocycles. The van der Waals surface area contributed by atoms with Gasteiger partial charge in [-0.3, -0.25) is 0 Å². The molecule has 0 fully saturated rings. The van der Waals surface area contributed by atoms with Crippen molar-refractivity contribution < 1.29 is 14.3 Å². The summed E-state index contributed by atoms with van der Waals surface area (Å²) in [7, 11) is 0. The molecule has 1 aromatic carbocycles. The van der Waals surface area contributed by atoms with E-state index in [0.717, 1.165) is 0 Å². The molecule has 0 amide bonds. The minimum Gasteiger partial charge on any atom is -0.478 e. The van der Waals surface area contributed by atoms with E-state index in [0.29, 0.717) is 5.56 Å². The molecule has 0 bridgehead atoms. The molecule has 0 radical (unpaired) electrons. The molecule has 0 aliphatic carbocycles. The third-order valence-electron chi connectivity index (χ3n) is 1.46. The number of carboxylic acids is 1. The zero-order valence-electron chi connectivity index (χ0n) is 6.27. The van der Waals surface area contributed by atoms with Gasteiger partial charge >= 0.3 is 5.97 Å². The van der Waals surface area contributed by atoms with E-state index in [9.17, 15) is 9.18 Å². The van der Waals surface area contributed by atoms with E-state index in [1.54, 1.807) is 0 Å². The second-order valence-electron chi connectivity index (χ2n) is 2.39. The van der Waals surface area contributed by atoms with Crippen LogP contribution in [0, 0.1) is 12.7 Å². The van der Waals surface area contributed by atoms with Crippen molar-refractivity contribution >= 4 is 21.9 Å². The maximum atomic E-state index is 12.9. The highest BCUT2D eigenvalue weighted by Crippen LogP contribution is 2.20. The first kappa shape index (κ1) is 9.19. The standard InChI is InChI=1S/C8H6BrFO2/c1-4-2-5(8(11)12)3-6(9)7(4)10/h2-3H,1H3,(H,11,12). The van der Waals surface area contributed by atoms with Crippen LogP contribution in [-0.2, 0) is 0 Å². The average molecular weight is 233 g/mol. The van der Waals surface area contributed by atoms with Gasteiger partial charge < -0.3 is 5.11 Å². The van der Waals surface area contributed by atoms with Crippen molar-refractivity contribution in [3.63, 3.8) is 0 Å². The first-order chi connectivity index (χ1) is 5.52. The topological polar surface area (TPSA) is 37.3 Å². The molecule has 0 aromatic heterocycles. The predicted octanol–water partition coefficient (Wildman–Crippen LogP) is 2.59. The second-order valence-corrected chi connectivity index (χ2v) is 3.25. The minimum atomic E-state index is -1.06. The molecule has 1 aromatic rings. The molecule has 0 aliphatic rings. The number of hydrogen-bond acceptors (Lipinski definition) is 1. The Bertz CT molecular complexity index is 313. The summed E-state index contributed by atoms with van der Waals surface area (Å²) in [4.78, 5) is 10.5. The van der Waals surface area contributed by atoms with E-state index in [1.165, 1.54) is 19.1 Å². The van der Waals surface area contributed by atoms with Gasteiger partial charge in [0.05, 0.1) is 10.0 Å². The Morgan fingerprint density at radius 1 is 1.58 bits per heavy atom. The summed E-state index contributed by atoms with van der Waals surface area (Å²) in [5.41, 5.74) is 0.405. The van der Waals surface area contributed by atoms with E-state index >= 15 is 0 Å². The monoisotopic (exact) mass is 232 g/mol. The number of rotatable bonds is 1. The molecule has 0 atom stereocenters. The number of aromatic carboxylic acids is 1. The Morgan fingerprint density at radius 2 is 2.17 bits per heavy atom. The SMILES string of the molecule is Cc1cc(C(=O)O)cc(Br)c1F. The van der Waals surface area contributed by atoms with E-state index in [2.05, 4.69) is 15.9 Å². The second kappa shape index (κ2) is 3.23. The summed E-state index contributed by atoms with van der Waals surface area (Å²) >= 11 is 2.93. The molecule has 0 unspecified atom stereocenters. The first-order valence-electron chi connectivity index (χ1n) is 3.21. The highest BCUT2D eigenvalue weighted by molar-refractivity contribution is 9.10. The van der Waals surface area contributed by atoms with Gasteiger partial charge in [0.1, 0.15) is 5.82 Å². The predicted molar refractivity (Wildman–Crippen MR) is 45.8 cm³/mol. The van der Waals surface area contributed by atoms with Gasteiger partial charge in [-0.1, -0.05) is 0 Å². The first-order valence-corrected chi connectivity index (χ1v) is 4.00. The van der Waals surface area contributed by atoms with Crippen LogP contribution in [0.15, 0.2) is 16.6 Å². The molecule has 0 saturated heterocycles. The smallest absolute Gasteiger partial charge is 0.335 e. The lowest BCUT2D eigenvalue weighted by Crippen LogP contribution is -1.98. The minimum absolute atomic E-state index is 0.0841. The molecule has 2 nitrogen and oxygen atoms in total. The maximum Gasteiger partial charge on any atom is 0.335 e. The molecular weight excluding hydrogens is 227 g/mol. The van der Waals surface area contributed by atoms with E-state index < -0.39 is 11.8 Å². The third-order valence-corrected chi connectivity index (χ3v) is 2.03. The Hall–Kier alpha value is -0.900. The molecule has 1 N–H and O–H groups in total. The lowest BCUT2D eigenvalue weighted by Gasteiger charge is -2.00. The zero-order chi connectivity index (χ0) is 9.30. The number of halogens is 2. The van der Waals surface area contributed by atoms with E-state index in [4.69, 9.17) is 5.11 Å². The molecular formula is C8H6BrFO2. The van der Waals surface area contributed by atoms with Crippen LogP contribution >= 0.6 is 15.9 Å². The van der Waals surface area contributed by atoms with Crippen LogP contribution in [0.1, 0.15) is 15.9 Å². The number of hydrogen-bond donors (Lipinski definition) is 1. The maximum absolute atomic E-state index is 12.9. The van der Waals surface area contributed by atoms with E-state index in [1.807, 2.05) is 0 Å². The Balaban J connectivity index is 3.31. The number of aryl methyl sites for hydroxylation is 1. The molecule has 0 aliphatic heterocycles. The Labute approximate surface area is 77.2 Å². The van der Waals surface area contributed by atoms with Crippen LogP contribution in [0.25, 0.3) is 0 Å². The lowest BCUT2D eigenvalue weighted by molar-refractivity contribution is 0.0696. The van der Waals surface area contributed by atoms with Crippen molar-refractivity contribution in [1.82, 2.24) is 0 Å². The van der Waals surface area contributed by atoms with Crippen LogP contribution in [0.2, 0.25) is 0 Å². The summed E-state index contributed by atoms with van der Waals surface area (Å²) in [6.45, 7) is 1.52. The number of benzene rings is 1. The van der Waals surface area contributed by atoms with Crippen LogP contribution in [-0.4, -0.2) is 11.1 Å². The van der Waals surface area contributed by atoms with Gasteiger partial charge in [-0.25, -0.2) is 9.18 Å². The van der Waals surface area contributed by atoms with Crippen molar-refractivity contribution in [2.45, 2.75) is 6.92 Å². The fourth-order valence-electron chi connectivity index (χ4n) is 0.850. The summed E-state index contributed by atoms with van der Waals surface area (Å²) < 4.78 is 13.1. The number of carbonyl (C=O) groups is 1. The largest absolute Gasteiger partial charge is 0.478 e. The normalized spacial score (nSPS) is 9.92. The molecule has 4 heteroatoms. The van der Waals surface area contributed by atoms with Gasteiger partial charge in [-0.15, -0.1) is 0 Å². The Kier molecular flexibility index (Phi) is 2.47. The van der Waals surface area contributed by atoms with Gasteiger partial charge in [0, 0.05) is 0 Å². The quantitative estimate of drug-likeness (QED) is 0.809. The molecule has 12 heavy (non-hydrogen) atoms. The van der Waals surface area contributed by atoms with Gasteiger partial charge in [0.2, 0.25) is 0 Å². The lowest BCUT2D eigenvalue weighted by atomic mass is 10.1.